The van der Waals surface area contributed by atoms with Gasteiger partial charge in [-0.25, -0.2) is 5.43 Å². The van der Waals surface area contributed by atoms with Crippen LogP contribution in [0.4, 0.5) is 0 Å². The van der Waals surface area contributed by atoms with Gasteiger partial charge in [0.1, 0.15) is 0 Å². The van der Waals surface area contributed by atoms with Crippen molar-refractivity contribution in [3.8, 4) is 17.2 Å². The minimum Gasteiger partial charge on any atom is -0.504 e. The van der Waals surface area contributed by atoms with Gasteiger partial charge in [0.25, 0.3) is 5.91 Å². The average Bonchev–Trinajstić information content (AvgIpc) is 3.19. The Kier molecular flexibility index (Phi) is 5.34. The molecule has 0 aliphatic heterocycles. The molecule has 6 heteroatoms. The number of ether oxygens (including phenoxy) is 1. The molecule has 0 saturated carbocycles. The van der Waals surface area contributed by atoms with Gasteiger partial charge in [-0.15, -0.1) is 0 Å². The minimum atomic E-state index is -0.311. The maximum atomic E-state index is 12.5. The molecule has 3 aromatic rings. The van der Waals surface area contributed by atoms with Crippen LogP contribution in [0.5, 0.6) is 11.5 Å². The third-order valence-electron chi connectivity index (χ3n) is 3.69. The number of aromatic hydroxyl groups is 1. The summed E-state index contributed by atoms with van der Waals surface area (Å²) in [6, 6.07) is 15.9. The lowest BCUT2D eigenvalue weighted by atomic mass is 10.1. The Morgan fingerprint density at radius 3 is 2.73 bits per heavy atom. The standard InChI is InChI=1S/C20H19N3O3/c1-2-26-19-13-15(9-10-18(19)24)14-21-22-20(25)16-7-3-4-8-17(16)23-11-5-6-12-23/h3-14,24H,2H2,1H3,(H,22,25)/b21-14-. The molecule has 3 rings (SSSR count). The Hall–Kier alpha value is -3.54. The number of amides is 1. The van der Waals surface area contributed by atoms with Crippen LogP contribution in [0.3, 0.4) is 0 Å². The van der Waals surface area contributed by atoms with E-state index in [9.17, 15) is 9.90 Å². The first-order valence-corrected chi connectivity index (χ1v) is 8.20. The van der Waals surface area contributed by atoms with Gasteiger partial charge in [0.15, 0.2) is 11.5 Å². The van der Waals surface area contributed by atoms with Crippen molar-refractivity contribution < 1.29 is 14.6 Å². The van der Waals surface area contributed by atoms with Crippen LogP contribution >= 0.6 is 0 Å². The molecule has 0 bridgehead atoms. The number of hydrazone groups is 1. The van der Waals surface area contributed by atoms with Crippen LogP contribution in [-0.2, 0) is 0 Å². The Morgan fingerprint density at radius 1 is 1.19 bits per heavy atom. The first-order valence-electron chi connectivity index (χ1n) is 8.20. The number of aromatic nitrogens is 1. The summed E-state index contributed by atoms with van der Waals surface area (Å²) in [7, 11) is 0. The molecular weight excluding hydrogens is 330 g/mol. The van der Waals surface area contributed by atoms with E-state index in [1.807, 2.05) is 48.1 Å². The summed E-state index contributed by atoms with van der Waals surface area (Å²) in [6.07, 6.45) is 5.25. The second-order valence-corrected chi connectivity index (χ2v) is 5.47. The molecule has 6 nitrogen and oxygen atoms in total. The fourth-order valence-corrected chi connectivity index (χ4v) is 2.49. The highest BCUT2D eigenvalue weighted by Gasteiger charge is 2.11. The number of carbonyl (C=O) groups is 1. The van der Waals surface area contributed by atoms with Gasteiger partial charge in [-0.3, -0.25) is 4.79 Å². The number of phenolic OH excluding ortho intramolecular Hbond substituents is 1. The van der Waals surface area contributed by atoms with Crippen LogP contribution in [0, 0.1) is 0 Å². The molecule has 2 aromatic carbocycles. The predicted octanol–water partition coefficient (Wildman–Crippen LogP) is 3.35. The van der Waals surface area contributed by atoms with E-state index in [1.165, 1.54) is 12.3 Å². The molecule has 26 heavy (non-hydrogen) atoms. The predicted molar refractivity (Wildman–Crippen MR) is 100 cm³/mol. The summed E-state index contributed by atoms with van der Waals surface area (Å²) >= 11 is 0. The highest BCUT2D eigenvalue weighted by molar-refractivity contribution is 5.98. The molecule has 0 aliphatic carbocycles. The third-order valence-corrected chi connectivity index (χ3v) is 3.69. The molecule has 0 aliphatic rings. The largest absolute Gasteiger partial charge is 0.504 e. The number of nitrogens with one attached hydrogen (secondary N) is 1. The normalized spacial score (nSPS) is 10.8. The van der Waals surface area contributed by atoms with Gasteiger partial charge in [-0.2, -0.15) is 5.10 Å². The van der Waals surface area contributed by atoms with Gasteiger partial charge in [0.05, 0.1) is 24.1 Å². The molecule has 0 radical (unpaired) electrons. The smallest absolute Gasteiger partial charge is 0.273 e. The van der Waals surface area contributed by atoms with Crippen LogP contribution < -0.4 is 10.2 Å². The van der Waals surface area contributed by atoms with Gasteiger partial charge in [0, 0.05) is 12.4 Å². The van der Waals surface area contributed by atoms with Gasteiger partial charge in [0.2, 0.25) is 0 Å². The molecular formula is C20H19N3O3. The van der Waals surface area contributed by atoms with E-state index in [0.717, 1.165) is 5.69 Å². The Bertz CT molecular complexity index is 918. The fourth-order valence-electron chi connectivity index (χ4n) is 2.49. The zero-order chi connectivity index (χ0) is 18.4. The molecule has 0 atom stereocenters. The lowest BCUT2D eigenvalue weighted by Gasteiger charge is -2.09. The van der Waals surface area contributed by atoms with Crippen molar-refractivity contribution >= 4 is 12.1 Å². The van der Waals surface area contributed by atoms with Crippen molar-refractivity contribution in [2.45, 2.75) is 6.92 Å². The summed E-state index contributed by atoms with van der Waals surface area (Å²) in [5.41, 5.74) is 4.52. The van der Waals surface area contributed by atoms with Gasteiger partial charge in [-0.1, -0.05) is 12.1 Å². The van der Waals surface area contributed by atoms with E-state index < -0.39 is 0 Å². The number of hydrogen-bond donors (Lipinski definition) is 2. The van der Waals surface area contributed by atoms with E-state index >= 15 is 0 Å². The summed E-state index contributed by atoms with van der Waals surface area (Å²) in [5.74, 6) is 0.128. The third kappa shape index (κ3) is 3.92. The second kappa shape index (κ2) is 8.02. The molecule has 1 heterocycles. The summed E-state index contributed by atoms with van der Waals surface area (Å²) in [4.78, 5) is 12.5. The highest BCUT2D eigenvalue weighted by Crippen LogP contribution is 2.26. The molecule has 2 N–H and O–H groups in total. The van der Waals surface area contributed by atoms with E-state index in [2.05, 4.69) is 10.5 Å². The fraction of sp³-hybridized carbons (Fsp3) is 0.100. The van der Waals surface area contributed by atoms with Gasteiger partial charge in [-0.05, 0) is 55.0 Å². The summed E-state index contributed by atoms with van der Waals surface area (Å²) in [5, 5.41) is 13.7. The molecule has 1 aromatic heterocycles. The van der Waals surface area contributed by atoms with E-state index in [0.29, 0.717) is 23.5 Å². The molecule has 0 saturated heterocycles. The van der Waals surface area contributed by atoms with Crippen molar-refractivity contribution in [3.63, 3.8) is 0 Å². The number of benzene rings is 2. The molecule has 132 valence electrons. The molecule has 0 fully saturated rings. The van der Waals surface area contributed by atoms with E-state index in [1.54, 1.807) is 24.3 Å². The number of carbonyl (C=O) groups excluding carboxylic acids is 1. The Morgan fingerprint density at radius 2 is 1.96 bits per heavy atom. The topological polar surface area (TPSA) is 75.8 Å². The number of phenols is 1. The lowest BCUT2D eigenvalue weighted by Crippen LogP contribution is -2.19. The van der Waals surface area contributed by atoms with E-state index in [-0.39, 0.29) is 11.7 Å². The van der Waals surface area contributed by atoms with Crippen molar-refractivity contribution in [1.29, 1.82) is 0 Å². The number of para-hydroxylation sites is 1. The quantitative estimate of drug-likeness (QED) is 0.529. The maximum Gasteiger partial charge on any atom is 0.273 e. The van der Waals surface area contributed by atoms with E-state index in [4.69, 9.17) is 4.74 Å². The Labute approximate surface area is 151 Å². The molecule has 0 spiro atoms. The van der Waals surface area contributed by atoms with Crippen molar-refractivity contribution in [3.05, 3.63) is 78.1 Å². The zero-order valence-electron chi connectivity index (χ0n) is 14.3. The van der Waals surface area contributed by atoms with Crippen molar-refractivity contribution in [1.82, 2.24) is 9.99 Å². The SMILES string of the molecule is CCOc1cc(/C=N\NC(=O)c2ccccc2-n2cccc2)ccc1O. The zero-order valence-corrected chi connectivity index (χ0v) is 14.3. The molecule has 1 amide bonds. The number of hydrogen-bond acceptors (Lipinski definition) is 4. The van der Waals surface area contributed by atoms with Crippen LogP contribution in [0.15, 0.2) is 72.1 Å². The van der Waals surface area contributed by atoms with Crippen molar-refractivity contribution in [2.24, 2.45) is 5.10 Å². The highest BCUT2D eigenvalue weighted by atomic mass is 16.5. The first-order chi connectivity index (χ1) is 12.7. The van der Waals surface area contributed by atoms with Gasteiger partial charge < -0.3 is 14.4 Å². The number of rotatable bonds is 6. The summed E-state index contributed by atoms with van der Waals surface area (Å²) in [6.45, 7) is 2.28. The Balaban J connectivity index is 1.74. The average molecular weight is 349 g/mol. The first kappa shape index (κ1) is 17.3. The van der Waals surface area contributed by atoms with Crippen LogP contribution in [-0.4, -0.2) is 28.4 Å². The van der Waals surface area contributed by atoms with Crippen molar-refractivity contribution in [2.75, 3.05) is 6.61 Å². The minimum absolute atomic E-state index is 0.0636. The van der Waals surface area contributed by atoms with Crippen LogP contribution in [0.25, 0.3) is 5.69 Å². The lowest BCUT2D eigenvalue weighted by molar-refractivity contribution is 0.0955. The van der Waals surface area contributed by atoms with Crippen LogP contribution in [0.1, 0.15) is 22.8 Å². The van der Waals surface area contributed by atoms with Gasteiger partial charge >= 0.3 is 0 Å². The second-order valence-electron chi connectivity index (χ2n) is 5.47. The molecule has 0 unspecified atom stereocenters. The monoisotopic (exact) mass is 349 g/mol. The summed E-state index contributed by atoms with van der Waals surface area (Å²) < 4.78 is 7.20. The van der Waals surface area contributed by atoms with Crippen LogP contribution in [0.2, 0.25) is 0 Å². The maximum absolute atomic E-state index is 12.5. The number of nitrogens with zero attached hydrogens (tertiary/aromatic N) is 2.